The fourth-order valence-corrected chi connectivity index (χ4v) is 5.52. The molecule has 0 spiro atoms. The van der Waals surface area contributed by atoms with E-state index in [1.807, 2.05) is 6.20 Å². The minimum absolute atomic E-state index is 0.0605. The summed E-state index contributed by atoms with van der Waals surface area (Å²) >= 11 is 0. The smallest absolute Gasteiger partial charge is 0.0746 e. The Morgan fingerprint density at radius 3 is 2.36 bits per heavy atom. The average Bonchev–Trinajstić information content (AvgIpc) is 3.08. The van der Waals surface area contributed by atoms with Crippen molar-refractivity contribution in [2.75, 3.05) is 0 Å². The number of aromatic nitrogens is 2. The molecule has 0 fully saturated rings. The number of fused-ring (bicyclic) bond motifs is 9. The van der Waals surface area contributed by atoms with E-state index in [1.165, 1.54) is 44.3 Å². The predicted molar refractivity (Wildman–Crippen MR) is 115 cm³/mol. The van der Waals surface area contributed by atoms with Crippen LogP contribution in [0.15, 0.2) is 60.9 Å². The fourth-order valence-electron chi connectivity index (χ4n) is 5.52. The van der Waals surface area contributed by atoms with Crippen molar-refractivity contribution in [1.82, 2.24) is 9.97 Å². The summed E-state index contributed by atoms with van der Waals surface area (Å²) in [6, 6.07) is 17.4. The van der Waals surface area contributed by atoms with Crippen molar-refractivity contribution in [2.45, 2.75) is 38.5 Å². The van der Waals surface area contributed by atoms with Gasteiger partial charge in [0.05, 0.1) is 11.2 Å². The molecule has 4 aromatic rings. The van der Waals surface area contributed by atoms with Crippen LogP contribution in [0.2, 0.25) is 0 Å². The Balaban J connectivity index is 1.82. The van der Waals surface area contributed by atoms with Gasteiger partial charge in [0.2, 0.25) is 0 Å². The standard InChI is InChI=1S/C26H22N2/c1-25(2)17-12-11-16-23(26(3,4)18-9-7-13-27-24(16)18)22(17)21-15-8-5-6-10-20(15)28-14-19(21)25/h5-14H,1-4H3. The molecule has 136 valence electrons. The molecule has 2 nitrogen and oxygen atoms in total. The third kappa shape index (κ3) is 1.70. The van der Waals surface area contributed by atoms with E-state index in [9.17, 15) is 0 Å². The van der Waals surface area contributed by atoms with Crippen molar-refractivity contribution in [3.8, 4) is 22.4 Å². The fraction of sp³-hybridized carbons (Fsp3) is 0.231. The van der Waals surface area contributed by atoms with Gasteiger partial charge in [0.1, 0.15) is 0 Å². The van der Waals surface area contributed by atoms with Crippen LogP contribution in [0.25, 0.3) is 33.3 Å². The highest BCUT2D eigenvalue weighted by molar-refractivity contribution is 6.04. The molecule has 0 atom stereocenters. The highest BCUT2D eigenvalue weighted by Gasteiger charge is 2.45. The molecule has 0 aliphatic heterocycles. The van der Waals surface area contributed by atoms with Gasteiger partial charge in [-0.3, -0.25) is 9.97 Å². The molecule has 2 aliphatic carbocycles. The van der Waals surface area contributed by atoms with Gasteiger partial charge in [-0.1, -0.05) is 64.1 Å². The topological polar surface area (TPSA) is 25.8 Å². The van der Waals surface area contributed by atoms with Crippen LogP contribution in [-0.2, 0) is 10.8 Å². The first-order valence-electron chi connectivity index (χ1n) is 9.95. The minimum atomic E-state index is -0.0770. The molecule has 0 radical (unpaired) electrons. The third-order valence-corrected chi connectivity index (χ3v) is 6.94. The summed E-state index contributed by atoms with van der Waals surface area (Å²) in [5.41, 5.74) is 11.6. The lowest BCUT2D eigenvalue weighted by molar-refractivity contribution is 0.646. The molecular formula is C26H22N2. The molecule has 2 heteroatoms. The maximum absolute atomic E-state index is 4.79. The lowest BCUT2D eigenvalue weighted by Crippen LogP contribution is -2.18. The van der Waals surface area contributed by atoms with Crippen molar-refractivity contribution in [3.63, 3.8) is 0 Å². The van der Waals surface area contributed by atoms with Crippen LogP contribution in [0, 0.1) is 0 Å². The molecule has 0 bridgehead atoms. The molecule has 2 aromatic heterocycles. The normalized spacial score (nSPS) is 17.1. The Morgan fingerprint density at radius 1 is 0.679 bits per heavy atom. The zero-order chi connectivity index (χ0) is 19.3. The quantitative estimate of drug-likeness (QED) is 0.370. The highest BCUT2D eigenvalue weighted by atomic mass is 14.7. The lowest BCUT2D eigenvalue weighted by atomic mass is 9.77. The molecular weight excluding hydrogens is 340 g/mol. The van der Waals surface area contributed by atoms with Gasteiger partial charge in [0, 0.05) is 34.2 Å². The third-order valence-electron chi connectivity index (χ3n) is 6.94. The van der Waals surface area contributed by atoms with Gasteiger partial charge in [-0.25, -0.2) is 0 Å². The van der Waals surface area contributed by atoms with Crippen molar-refractivity contribution in [3.05, 3.63) is 83.2 Å². The van der Waals surface area contributed by atoms with Gasteiger partial charge in [0.25, 0.3) is 0 Å². The van der Waals surface area contributed by atoms with E-state index >= 15 is 0 Å². The number of benzene rings is 2. The first kappa shape index (κ1) is 16.0. The van der Waals surface area contributed by atoms with Gasteiger partial charge in [-0.05, 0) is 45.5 Å². The molecule has 6 rings (SSSR count). The van der Waals surface area contributed by atoms with Crippen LogP contribution in [0.3, 0.4) is 0 Å². The summed E-state index contributed by atoms with van der Waals surface area (Å²) in [7, 11) is 0. The molecule has 0 saturated heterocycles. The Hall–Kier alpha value is -3.00. The molecule has 28 heavy (non-hydrogen) atoms. The summed E-state index contributed by atoms with van der Waals surface area (Å²) in [5.74, 6) is 0. The maximum Gasteiger partial charge on any atom is 0.0746 e. The lowest BCUT2D eigenvalue weighted by Gasteiger charge is -2.25. The van der Waals surface area contributed by atoms with Crippen LogP contribution in [0.5, 0.6) is 0 Å². The summed E-state index contributed by atoms with van der Waals surface area (Å²) in [5, 5.41) is 1.25. The molecule has 2 aliphatic rings. The van der Waals surface area contributed by atoms with E-state index in [1.54, 1.807) is 0 Å². The van der Waals surface area contributed by atoms with E-state index in [4.69, 9.17) is 9.97 Å². The zero-order valence-electron chi connectivity index (χ0n) is 16.7. The van der Waals surface area contributed by atoms with Crippen LogP contribution >= 0.6 is 0 Å². The van der Waals surface area contributed by atoms with Crippen molar-refractivity contribution in [2.24, 2.45) is 0 Å². The summed E-state index contributed by atoms with van der Waals surface area (Å²) in [6.07, 6.45) is 4.01. The van der Waals surface area contributed by atoms with Gasteiger partial charge in [0.15, 0.2) is 0 Å². The first-order chi connectivity index (χ1) is 13.4. The van der Waals surface area contributed by atoms with Gasteiger partial charge >= 0.3 is 0 Å². The number of hydrogen-bond donors (Lipinski definition) is 0. The van der Waals surface area contributed by atoms with Gasteiger partial charge in [-0.2, -0.15) is 0 Å². The van der Waals surface area contributed by atoms with E-state index in [2.05, 4.69) is 82.4 Å². The van der Waals surface area contributed by atoms with Crippen LogP contribution < -0.4 is 0 Å². The molecule has 0 N–H and O–H groups in total. The Labute approximate surface area is 165 Å². The SMILES string of the molecule is CC1(C)c2ccc3c(c2-c2c1cnc1ccccc21)C(C)(C)c1cccnc1-3. The first-order valence-corrected chi connectivity index (χ1v) is 9.95. The molecule has 2 aromatic carbocycles. The van der Waals surface area contributed by atoms with Crippen molar-refractivity contribution >= 4 is 10.9 Å². The van der Waals surface area contributed by atoms with Crippen LogP contribution in [-0.4, -0.2) is 9.97 Å². The highest BCUT2D eigenvalue weighted by Crippen LogP contribution is 2.59. The Kier molecular flexibility index (Phi) is 2.79. The molecule has 0 saturated carbocycles. The predicted octanol–water partition coefficient (Wildman–Crippen LogP) is 6.24. The summed E-state index contributed by atoms with van der Waals surface area (Å²) in [4.78, 5) is 9.55. The van der Waals surface area contributed by atoms with E-state index in [-0.39, 0.29) is 10.8 Å². The molecule has 2 heterocycles. The second kappa shape index (κ2) is 4.88. The second-order valence-corrected chi connectivity index (χ2v) is 9.12. The van der Waals surface area contributed by atoms with E-state index < -0.39 is 0 Å². The summed E-state index contributed by atoms with van der Waals surface area (Å²) < 4.78 is 0. The Bertz CT molecular complexity index is 1310. The minimum Gasteiger partial charge on any atom is -0.256 e. The maximum atomic E-state index is 4.79. The zero-order valence-corrected chi connectivity index (χ0v) is 16.7. The number of pyridine rings is 2. The van der Waals surface area contributed by atoms with E-state index in [0.29, 0.717) is 0 Å². The number of para-hydroxylation sites is 1. The van der Waals surface area contributed by atoms with E-state index in [0.717, 1.165) is 11.2 Å². The monoisotopic (exact) mass is 362 g/mol. The average molecular weight is 362 g/mol. The Morgan fingerprint density at radius 2 is 1.50 bits per heavy atom. The largest absolute Gasteiger partial charge is 0.256 e. The number of hydrogen-bond acceptors (Lipinski definition) is 2. The number of nitrogens with zero attached hydrogens (tertiary/aromatic N) is 2. The summed E-state index contributed by atoms with van der Waals surface area (Å²) in [6.45, 7) is 9.34. The van der Waals surface area contributed by atoms with Crippen molar-refractivity contribution < 1.29 is 0 Å². The second-order valence-electron chi connectivity index (χ2n) is 9.12. The van der Waals surface area contributed by atoms with Crippen molar-refractivity contribution in [1.29, 1.82) is 0 Å². The van der Waals surface area contributed by atoms with Gasteiger partial charge < -0.3 is 0 Å². The molecule has 0 amide bonds. The van der Waals surface area contributed by atoms with Gasteiger partial charge in [-0.15, -0.1) is 0 Å². The van der Waals surface area contributed by atoms with Crippen LogP contribution in [0.1, 0.15) is 49.9 Å². The number of rotatable bonds is 0. The molecule has 0 unspecified atom stereocenters. The van der Waals surface area contributed by atoms with Crippen LogP contribution in [0.4, 0.5) is 0 Å².